The summed E-state index contributed by atoms with van der Waals surface area (Å²) in [5.41, 5.74) is 0. The highest BCUT2D eigenvalue weighted by Crippen LogP contribution is 1.86. The third kappa shape index (κ3) is 2.55. The van der Waals surface area contributed by atoms with Gasteiger partial charge in [-0.2, -0.15) is 0 Å². The molecule has 1 saturated heterocycles. The fourth-order valence-corrected chi connectivity index (χ4v) is 367. The second-order valence-corrected chi connectivity index (χ2v) is 101. The average molecular weight is 241 g/mol. The van der Waals surface area contributed by atoms with E-state index < -0.39 is 0 Å². The van der Waals surface area contributed by atoms with Crippen molar-refractivity contribution >= 4 is 68.4 Å². The zero-order valence-electron chi connectivity index (χ0n) is 6.04. The monoisotopic (exact) mass is 240 g/mol. The highest BCUT2D eigenvalue weighted by Gasteiger charge is 2.23. The molecule has 0 nitrogen and oxygen atoms in total. The summed E-state index contributed by atoms with van der Waals surface area (Å²) in [4.78, 5) is 0. The third-order valence-electron chi connectivity index (χ3n) is 2.21. The minimum absolute atomic E-state index is 0.123. The maximum Gasteiger partial charge on any atom is -0.00581 e. The van der Waals surface area contributed by atoms with Crippen LogP contribution in [-0.2, 0) is 0 Å². The molecule has 1 fully saturated rings. The smallest absolute Gasteiger partial charge is 0.00581 e. The van der Waals surface area contributed by atoms with Crippen molar-refractivity contribution in [2.45, 2.75) is 0 Å². The van der Waals surface area contributed by atoms with Gasteiger partial charge in [-0.3, -0.25) is 0 Å². The van der Waals surface area contributed by atoms with Gasteiger partial charge >= 0.3 is 0 Å². The molecule has 1 aliphatic heterocycles. The van der Waals surface area contributed by atoms with Gasteiger partial charge in [0.1, 0.15) is 0 Å². The van der Waals surface area contributed by atoms with Gasteiger partial charge < -0.3 is 0 Å². The second kappa shape index (κ2) is 3.22. The van der Waals surface area contributed by atoms with E-state index in [0.717, 1.165) is 42.8 Å². The molecule has 0 N–H and O–H groups in total. The van der Waals surface area contributed by atoms with Crippen LogP contribution in [0.25, 0.3) is 0 Å². The first-order valence-electron chi connectivity index (χ1n) is 3.71. The largest absolute Gasteiger partial charge is 0.0110 e. The van der Waals surface area contributed by atoms with E-state index in [9.17, 15) is 0 Å². The molecular formula is H16Si8. The van der Waals surface area contributed by atoms with Crippen molar-refractivity contribution < 1.29 is 0 Å². The Labute approximate surface area is 68.3 Å². The van der Waals surface area contributed by atoms with Crippen molar-refractivity contribution in [3.8, 4) is 0 Å². The van der Waals surface area contributed by atoms with E-state index in [-0.39, 0.29) is 6.14 Å². The van der Waals surface area contributed by atoms with Crippen molar-refractivity contribution in [1.82, 2.24) is 0 Å². The molecule has 0 atom stereocenters. The van der Waals surface area contributed by atoms with Gasteiger partial charge in [-0.1, -0.05) is 0 Å². The van der Waals surface area contributed by atoms with Gasteiger partial charge in [-0.25, -0.2) is 0 Å². The molecule has 0 aromatic heterocycles. The van der Waals surface area contributed by atoms with Gasteiger partial charge in [-0.15, -0.1) is 0 Å². The number of hydrogen-bond acceptors (Lipinski definition) is 0. The van der Waals surface area contributed by atoms with Gasteiger partial charge in [0.05, 0.1) is 0 Å². The molecule has 0 aromatic carbocycles. The Bertz CT molecular complexity index is 64.1. The summed E-state index contributed by atoms with van der Waals surface area (Å²) >= 11 is 0. The molecule has 1 rings (SSSR count). The normalized spacial score (nSPS) is 55.5. The fraction of sp³-hybridized carbons (Fsp3) is 0. The Kier molecular flexibility index (Phi) is 3.16. The van der Waals surface area contributed by atoms with Crippen LogP contribution < -0.4 is 0 Å². The van der Waals surface area contributed by atoms with E-state index in [1.165, 1.54) is 0 Å². The number of rotatable bonds is 0. The highest BCUT2D eigenvalue weighted by molar-refractivity contribution is 7.99. The molecule has 0 spiro atoms. The van der Waals surface area contributed by atoms with Crippen LogP contribution in [0, 0.1) is 0 Å². The van der Waals surface area contributed by atoms with Gasteiger partial charge in [0.15, 0.2) is 0 Å². The van der Waals surface area contributed by atoms with Crippen molar-refractivity contribution in [3.05, 3.63) is 0 Å². The molecule has 8 heavy (non-hydrogen) atoms. The molecule has 48 valence electrons. The Morgan fingerprint density at radius 2 is 1.38 bits per heavy atom. The Hall–Kier alpha value is 1.74. The molecule has 8 heteroatoms. The molecule has 0 amide bonds. The van der Waals surface area contributed by atoms with Crippen LogP contribution in [-0.4, -0.2) is 68.4 Å². The van der Waals surface area contributed by atoms with Gasteiger partial charge in [0.25, 0.3) is 0 Å². The summed E-state index contributed by atoms with van der Waals surface area (Å²) < 4.78 is 0. The SMILES string of the molecule is [SiH3][Si]1([SiH3])[SiH2][SiH2][SiH2][SiH2][SiH2]1. The Morgan fingerprint density at radius 3 is 1.62 bits per heavy atom. The molecule has 0 radical (unpaired) electrons. The van der Waals surface area contributed by atoms with Crippen LogP contribution in [0.4, 0.5) is 0 Å². The van der Waals surface area contributed by atoms with Crippen molar-refractivity contribution in [3.63, 3.8) is 0 Å². The number of hydrogen-bond donors (Lipinski definition) is 0. The molecule has 1 aliphatic rings. The molecule has 0 aromatic rings. The highest BCUT2D eigenvalue weighted by atomic mass is 30.3. The van der Waals surface area contributed by atoms with Crippen LogP contribution >= 0.6 is 0 Å². The Morgan fingerprint density at radius 1 is 0.875 bits per heavy atom. The predicted octanol–water partition coefficient (Wildman–Crippen LogP) is -7.33. The fourth-order valence-electron chi connectivity index (χ4n) is 1.51. The first-order valence-corrected chi connectivity index (χ1v) is 33.4. The van der Waals surface area contributed by atoms with Gasteiger partial charge in [0.2, 0.25) is 0 Å². The molecule has 0 aliphatic carbocycles. The zero-order valence-corrected chi connectivity index (χ0v) is 18.1. The molecule has 0 unspecified atom stereocenters. The lowest BCUT2D eigenvalue weighted by Crippen LogP contribution is -2.62. The van der Waals surface area contributed by atoms with Crippen LogP contribution in [0.15, 0.2) is 0 Å². The van der Waals surface area contributed by atoms with Crippen LogP contribution in [0.3, 0.4) is 0 Å². The Balaban J connectivity index is 2.33. The average Bonchev–Trinajstić information content (AvgIpc) is 1.65. The first-order chi connectivity index (χ1) is 3.71. The van der Waals surface area contributed by atoms with Gasteiger partial charge in [-0.05, 0) is 68.4 Å². The lowest BCUT2D eigenvalue weighted by Gasteiger charge is -2.24. The standard InChI is InChI=1S/H16Si8/c1-8(2)6-4-3-5-7-8/h3-7H2,1-2H3. The maximum atomic E-state index is 1.83. The predicted molar refractivity (Wildman–Crippen MR) is 68.4 cm³/mol. The van der Waals surface area contributed by atoms with Crippen molar-refractivity contribution in [2.24, 2.45) is 0 Å². The first kappa shape index (κ1) is 7.84. The molecule has 0 bridgehead atoms. The third-order valence-corrected chi connectivity index (χ3v) is 179. The summed E-state index contributed by atoms with van der Waals surface area (Å²) in [6.45, 7) is 0. The topological polar surface area (TPSA) is 0 Å². The molecule has 0 saturated carbocycles. The van der Waals surface area contributed by atoms with E-state index in [2.05, 4.69) is 0 Å². The van der Waals surface area contributed by atoms with Crippen LogP contribution in [0.2, 0.25) is 0 Å². The quantitative estimate of drug-likeness (QED) is 0.369. The summed E-state index contributed by atoms with van der Waals surface area (Å²) in [6.07, 6.45) is 0.123. The minimum Gasteiger partial charge on any atom is -0.0110 e. The maximum absolute atomic E-state index is 1.83. The minimum atomic E-state index is 0.123. The molecule has 1 heterocycles. The zero-order chi connectivity index (χ0) is 6.04. The van der Waals surface area contributed by atoms with Crippen molar-refractivity contribution in [1.29, 1.82) is 0 Å². The van der Waals surface area contributed by atoms with Crippen LogP contribution in [0.1, 0.15) is 0 Å². The van der Waals surface area contributed by atoms with E-state index in [1.807, 2.05) is 19.5 Å². The van der Waals surface area contributed by atoms with E-state index in [4.69, 9.17) is 0 Å². The summed E-state index contributed by atoms with van der Waals surface area (Å²) in [7, 11) is 8.18. The van der Waals surface area contributed by atoms with Gasteiger partial charge in [0, 0.05) is 0 Å². The summed E-state index contributed by atoms with van der Waals surface area (Å²) in [5, 5.41) is 0. The van der Waals surface area contributed by atoms with E-state index >= 15 is 0 Å². The van der Waals surface area contributed by atoms with Crippen LogP contribution in [0.5, 0.6) is 0 Å². The van der Waals surface area contributed by atoms with Crippen molar-refractivity contribution in [2.75, 3.05) is 0 Å². The van der Waals surface area contributed by atoms with E-state index in [0.29, 0.717) is 0 Å². The summed E-state index contributed by atoms with van der Waals surface area (Å²) in [6, 6.07) is 0. The second-order valence-electron chi connectivity index (χ2n) is 3.72. The van der Waals surface area contributed by atoms with E-state index in [1.54, 1.807) is 0 Å². The lowest BCUT2D eigenvalue weighted by molar-refractivity contribution is 3.52. The summed E-state index contributed by atoms with van der Waals surface area (Å²) in [5.74, 6) is 0. The molecular weight excluding hydrogens is 225 g/mol. The lowest BCUT2D eigenvalue weighted by atomic mass is 25.9.